The van der Waals surface area contributed by atoms with Crippen LogP contribution in [0.3, 0.4) is 0 Å². The number of nitrogens with one attached hydrogen (secondary N) is 1. The van der Waals surface area contributed by atoms with Crippen molar-refractivity contribution in [1.82, 2.24) is 5.32 Å². The first-order valence-corrected chi connectivity index (χ1v) is 6.66. The first-order chi connectivity index (χ1) is 8.25. The molecule has 1 amide bonds. The van der Waals surface area contributed by atoms with Gasteiger partial charge in [0.15, 0.2) is 0 Å². The first-order valence-electron chi connectivity index (χ1n) is 5.87. The maximum Gasteiger partial charge on any atom is 0.251 e. The number of carbonyl (C=O) groups is 1. The summed E-state index contributed by atoms with van der Waals surface area (Å²) in [6, 6.07) is 7.38. The lowest BCUT2D eigenvalue weighted by Crippen LogP contribution is -2.33. The van der Waals surface area contributed by atoms with Gasteiger partial charge >= 0.3 is 0 Å². The molecule has 1 atom stereocenters. The molecule has 0 aromatic heterocycles. The van der Waals surface area contributed by atoms with Crippen molar-refractivity contribution in [1.29, 1.82) is 0 Å². The number of halogens is 1. The van der Waals surface area contributed by atoms with Crippen LogP contribution in [0.25, 0.3) is 0 Å². The minimum atomic E-state index is -0.0110. The van der Waals surface area contributed by atoms with E-state index in [2.05, 4.69) is 21.2 Å². The zero-order valence-electron chi connectivity index (χ0n) is 9.62. The molecule has 1 unspecified atom stereocenters. The van der Waals surface area contributed by atoms with Crippen molar-refractivity contribution in [2.45, 2.75) is 12.8 Å². The van der Waals surface area contributed by atoms with Gasteiger partial charge in [0.05, 0.1) is 6.61 Å². The largest absolute Gasteiger partial charge is 0.381 e. The number of benzene rings is 1. The van der Waals surface area contributed by atoms with Crippen LogP contribution >= 0.6 is 15.9 Å². The van der Waals surface area contributed by atoms with Gasteiger partial charge in [-0.1, -0.05) is 15.9 Å². The highest BCUT2D eigenvalue weighted by atomic mass is 79.9. The molecule has 4 heteroatoms. The van der Waals surface area contributed by atoms with E-state index in [-0.39, 0.29) is 5.91 Å². The second kappa shape index (κ2) is 6.17. The van der Waals surface area contributed by atoms with E-state index in [0.717, 1.165) is 30.5 Å². The first kappa shape index (κ1) is 12.6. The molecule has 1 fully saturated rings. The summed E-state index contributed by atoms with van der Waals surface area (Å²) >= 11 is 3.35. The average molecular weight is 298 g/mol. The van der Waals surface area contributed by atoms with E-state index in [1.807, 2.05) is 24.3 Å². The SMILES string of the molecule is O=C(NCC1CCCOC1)c1ccc(Br)cc1. The number of ether oxygens (including phenoxy) is 1. The summed E-state index contributed by atoms with van der Waals surface area (Å²) in [5, 5.41) is 2.95. The molecule has 2 rings (SSSR count). The maximum absolute atomic E-state index is 11.8. The molecule has 1 saturated heterocycles. The van der Waals surface area contributed by atoms with Crippen molar-refractivity contribution in [3.05, 3.63) is 34.3 Å². The predicted octanol–water partition coefficient (Wildman–Crippen LogP) is 2.61. The Morgan fingerprint density at radius 3 is 2.82 bits per heavy atom. The van der Waals surface area contributed by atoms with Gasteiger partial charge in [-0.05, 0) is 43.0 Å². The lowest BCUT2D eigenvalue weighted by atomic mass is 10.0. The fraction of sp³-hybridized carbons (Fsp3) is 0.462. The smallest absolute Gasteiger partial charge is 0.251 e. The highest BCUT2D eigenvalue weighted by molar-refractivity contribution is 9.10. The fourth-order valence-corrected chi connectivity index (χ4v) is 2.17. The quantitative estimate of drug-likeness (QED) is 0.931. The Morgan fingerprint density at radius 1 is 1.41 bits per heavy atom. The third-order valence-corrected chi connectivity index (χ3v) is 3.44. The van der Waals surface area contributed by atoms with Gasteiger partial charge < -0.3 is 10.1 Å². The Morgan fingerprint density at radius 2 is 2.18 bits per heavy atom. The number of carbonyl (C=O) groups excluding carboxylic acids is 1. The molecule has 17 heavy (non-hydrogen) atoms. The van der Waals surface area contributed by atoms with Crippen molar-refractivity contribution in [2.24, 2.45) is 5.92 Å². The minimum Gasteiger partial charge on any atom is -0.381 e. The van der Waals surface area contributed by atoms with E-state index >= 15 is 0 Å². The van der Waals surface area contributed by atoms with Crippen LogP contribution in [0.1, 0.15) is 23.2 Å². The van der Waals surface area contributed by atoms with Crippen LogP contribution in [0.15, 0.2) is 28.7 Å². The van der Waals surface area contributed by atoms with Gasteiger partial charge in [0.1, 0.15) is 0 Å². The van der Waals surface area contributed by atoms with Crippen molar-refractivity contribution < 1.29 is 9.53 Å². The van der Waals surface area contributed by atoms with E-state index in [1.165, 1.54) is 0 Å². The number of amides is 1. The summed E-state index contributed by atoms with van der Waals surface area (Å²) in [5.74, 6) is 0.450. The zero-order chi connectivity index (χ0) is 12.1. The summed E-state index contributed by atoms with van der Waals surface area (Å²) < 4.78 is 6.36. The van der Waals surface area contributed by atoms with E-state index < -0.39 is 0 Å². The predicted molar refractivity (Wildman–Crippen MR) is 70.0 cm³/mol. The number of hydrogen-bond donors (Lipinski definition) is 1. The highest BCUT2D eigenvalue weighted by Crippen LogP contribution is 2.13. The lowest BCUT2D eigenvalue weighted by Gasteiger charge is -2.22. The van der Waals surface area contributed by atoms with Crippen LogP contribution < -0.4 is 5.32 Å². The van der Waals surface area contributed by atoms with Crippen molar-refractivity contribution >= 4 is 21.8 Å². The number of rotatable bonds is 3. The topological polar surface area (TPSA) is 38.3 Å². The van der Waals surface area contributed by atoms with Crippen LogP contribution in [0, 0.1) is 5.92 Å². The molecule has 0 aliphatic carbocycles. The Bertz CT molecular complexity index is 372. The van der Waals surface area contributed by atoms with Crippen molar-refractivity contribution in [2.75, 3.05) is 19.8 Å². The molecule has 1 aromatic rings. The monoisotopic (exact) mass is 297 g/mol. The summed E-state index contributed by atoms with van der Waals surface area (Å²) in [4.78, 5) is 11.8. The molecule has 92 valence electrons. The molecule has 0 radical (unpaired) electrons. The molecule has 0 spiro atoms. The Labute approximate surface area is 110 Å². The average Bonchev–Trinajstić information content (AvgIpc) is 2.38. The number of hydrogen-bond acceptors (Lipinski definition) is 2. The van der Waals surface area contributed by atoms with E-state index in [9.17, 15) is 4.79 Å². The third kappa shape index (κ3) is 3.82. The molecule has 1 aliphatic heterocycles. The molecular formula is C13H16BrNO2. The van der Waals surface area contributed by atoms with Gasteiger partial charge in [0.2, 0.25) is 0 Å². The zero-order valence-corrected chi connectivity index (χ0v) is 11.2. The normalized spacial score (nSPS) is 19.9. The second-order valence-electron chi connectivity index (χ2n) is 4.30. The fourth-order valence-electron chi connectivity index (χ4n) is 1.91. The summed E-state index contributed by atoms with van der Waals surface area (Å²) in [6.45, 7) is 2.33. The Balaban J connectivity index is 1.82. The molecule has 1 N–H and O–H groups in total. The van der Waals surface area contributed by atoms with Crippen LogP contribution in [-0.4, -0.2) is 25.7 Å². The van der Waals surface area contributed by atoms with Gasteiger partial charge in [0.25, 0.3) is 5.91 Å². The molecule has 1 heterocycles. The van der Waals surface area contributed by atoms with Crippen molar-refractivity contribution in [3.63, 3.8) is 0 Å². The van der Waals surface area contributed by atoms with Crippen LogP contribution in [0.2, 0.25) is 0 Å². The second-order valence-corrected chi connectivity index (χ2v) is 5.22. The molecule has 0 bridgehead atoms. The minimum absolute atomic E-state index is 0.0110. The Hall–Kier alpha value is -0.870. The summed E-state index contributed by atoms with van der Waals surface area (Å²) in [5.41, 5.74) is 0.699. The third-order valence-electron chi connectivity index (χ3n) is 2.91. The van der Waals surface area contributed by atoms with E-state index in [1.54, 1.807) is 0 Å². The maximum atomic E-state index is 11.8. The van der Waals surface area contributed by atoms with E-state index in [0.29, 0.717) is 18.0 Å². The summed E-state index contributed by atoms with van der Waals surface area (Å²) in [6.07, 6.45) is 2.24. The van der Waals surface area contributed by atoms with Gasteiger partial charge in [-0.15, -0.1) is 0 Å². The van der Waals surface area contributed by atoms with E-state index in [4.69, 9.17) is 4.74 Å². The van der Waals surface area contributed by atoms with Gasteiger partial charge in [-0.25, -0.2) is 0 Å². The molecule has 1 aromatic carbocycles. The molecular weight excluding hydrogens is 282 g/mol. The van der Waals surface area contributed by atoms with Crippen LogP contribution in [0.5, 0.6) is 0 Å². The summed E-state index contributed by atoms with van der Waals surface area (Å²) in [7, 11) is 0. The van der Waals surface area contributed by atoms with Gasteiger partial charge in [-0.3, -0.25) is 4.79 Å². The van der Waals surface area contributed by atoms with Crippen molar-refractivity contribution in [3.8, 4) is 0 Å². The Kier molecular flexibility index (Phi) is 4.57. The molecule has 3 nitrogen and oxygen atoms in total. The molecule has 0 saturated carbocycles. The standard InChI is InChI=1S/C13H16BrNO2/c14-12-5-3-11(4-6-12)13(16)15-8-10-2-1-7-17-9-10/h3-6,10H,1-2,7-9H2,(H,15,16). The highest BCUT2D eigenvalue weighted by Gasteiger charge is 2.15. The van der Waals surface area contributed by atoms with Gasteiger partial charge in [-0.2, -0.15) is 0 Å². The van der Waals surface area contributed by atoms with Crippen LogP contribution in [0.4, 0.5) is 0 Å². The van der Waals surface area contributed by atoms with Gasteiger partial charge in [0, 0.05) is 23.2 Å². The molecule has 1 aliphatic rings. The van der Waals surface area contributed by atoms with Crippen LogP contribution in [-0.2, 0) is 4.74 Å². The lowest BCUT2D eigenvalue weighted by molar-refractivity contribution is 0.0536.